The van der Waals surface area contributed by atoms with Crippen molar-refractivity contribution in [3.05, 3.63) is 71.3 Å². The van der Waals surface area contributed by atoms with Crippen LogP contribution < -0.4 is 0 Å². The van der Waals surface area contributed by atoms with E-state index >= 15 is 0 Å². The summed E-state index contributed by atoms with van der Waals surface area (Å²) in [4.78, 5) is 57.4. The van der Waals surface area contributed by atoms with Gasteiger partial charge in [0.25, 0.3) is 17.4 Å². The highest BCUT2D eigenvalue weighted by Crippen LogP contribution is 2.42. The molecule has 0 aromatic heterocycles. The first-order valence-corrected chi connectivity index (χ1v) is 10.1. The number of carboxylic acid groups (broad SMARTS) is 3. The van der Waals surface area contributed by atoms with Gasteiger partial charge in [0.05, 0.1) is 11.1 Å². The van der Waals surface area contributed by atoms with Crippen LogP contribution in [0.3, 0.4) is 0 Å². The molecule has 36 heavy (non-hydrogen) atoms. The standard InChI is InChI=1S/C13H11NO6.C10H9F3O3/c15-10(16)6-5-9(13(19)20)14-11(17)7-3-1-2-4-8(7)12(14)18;1-16-9(8(14)15,10(11,12)13)7-5-3-2-4-6-7/h1-4,9H,5-6H2,(H,15,16)(H,19,20);2-6H,1H3,(H,14,15)/t2*9-/m01/s1. The highest BCUT2D eigenvalue weighted by Gasteiger charge is 2.63. The van der Waals surface area contributed by atoms with Crippen molar-refractivity contribution in [3.8, 4) is 0 Å². The molecule has 1 aliphatic heterocycles. The Morgan fingerprint density at radius 1 is 0.889 bits per heavy atom. The normalized spacial score (nSPS) is 15.3. The quantitative estimate of drug-likeness (QED) is 0.453. The zero-order valence-corrected chi connectivity index (χ0v) is 18.6. The minimum absolute atomic E-state index is 0.138. The largest absolute Gasteiger partial charge is 0.481 e. The minimum Gasteiger partial charge on any atom is -0.481 e. The number of methoxy groups -OCH3 is 1. The molecular formula is C23H20F3NO9. The molecule has 0 radical (unpaired) electrons. The number of hydrogen-bond acceptors (Lipinski definition) is 6. The lowest BCUT2D eigenvalue weighted by atomic mass is 9.93. The van der Waals surface area contributed by atoms with Crippen molar-refractivity contribution in [2.75, 3.05) is 7.11 Å². The van der Waals surface area contributed by atoms with Crippen LogP contribution in [-0.4, -0.2) is 69.3 Å². The van der Waals surface area contributed by atoms with Gasteiger partial charge in [0.15, 0.2) is 0 Å². The predicted octanol–water partition coefficient (Wildman–Crippen LogP) is 2.78. The molecule has 1 heterocycles. The molecule has 0 unspecified atom stereocenters. The lowest BCUT2D eigenvalue weighted by Crippen LogP contribution is -2.50. The molecule has 0 saturated heterocycles. The van der Waals surface area contributed by atoms with E-state index in [2.05, 4.69) is 4.74 Å². The smallest absolute Gasteiger partial charge is 0.432 e. The molecule has 10 nitrogen and oxygen atoms in total. The number of amides is 2. The van der Waals surface area contributed by atoms with E-state index in [0.717, 1.165) is 12.1 Å². The van der Waals surface area contributed by atoms with Crippen molar-refractivity contribution in [3.63, 3.8) is 0 Å². The van der Waals surface area contributed by atoms with Gasteiger partial charge in [-0.2, -0.15) is 13.2 Å². The van der Waals surface area contributed by atoms with Crippen LogP contribution in [0.1, 0.15) is 39.1 Å². The molecule has 0 bridgehead atoms. The number of carbonyl (C=O) groups excluding carboxylic acids is 2. The predicted molar refractivity (Wildman–Crippen MR) is 114 cm³/mol. The summed E-state index contributed by atoms with van der Waals surface area (Å²) < 4.78 is 42.6. The molecular weight excluding hydrogens is 491 g/mol. The average Bonchev–Trinajstić information content (AvgIpc) is 3.05. The van der Waals surface area contributed by atoms with Crippen molar-refractivity contribution in [1.29, 1.82) is 0 Å². The molecule has 2 aromatic carbocycles. The van der Waals surface area contributed by atoms with Crippen molar-refractivity contribution in [2.24, 2.45) is 0 Å². The van der Waals surface area contributed by atoms with Crippen LogP contribution in [0.5, 0.6) is 0 Å². The number of halogens is 3. The third-order valence-electron chi connectivity index (χ3n) is 5.24. The number of carboxylic acids is 3. The highest BCUT2D eigenvalue weighted by atomic mass is 19.4. The van der Waals surface area contributed by atoms with Gasteiger partial charge in [-0.15, -0.1) is 0 Å². The van der Waals surface area contributed by atoms with E-state index in [1.54, 1.807) is 12.1 Å². The van der Waals surface area contributed by atoms with Crippen LogP contribution in [-0.2, 0) is 24.7 Å². The van der Waals surface area contributed by atoms with E-state index in [1.807, 2.05) is 0 Å². The van der Waals surface area contributed by atoms with Gasteiger partial charge in [-0.05, 0) is 18.6 Å². The Hall–Kier alpha value is -4.26. The molecule has 13 heteroatoms. The number of alkyl halides is 3. The van der Waals surface area contributed by atoms with Crippen LogP contribution in [0.15, 0.2) is 54.6 Å². The van der Waals surface area contributed by atoms with E-state index in [1.165, 1.54) is 30.3 Å². The van der Waals surface area contributed by atoms with Crippen LogP contribution in [0.4, 0.5) is 13.2 Å². The Morgan fingerprint density at radius 3 is 1.72 bits per heavy atom. The summed E-state index contributed by atoms with van der Waals surface area (Å²) in [6.45, 7) is 0. The number of carbonyl (C=O) groups is 5. The van der Waals surface area contributed by atoms with Crippen LogP contribution in [0, 0.1) is 0 Å². The first kappa shape index (κ1) is 28.0. The fraction of sp³-hybridized carbons (Fsp3) is 0.261. The Balaban J connectivity index is 0.000000261. The fourth-order valence-corrected chi connectivity index (χ4v) is 3.52. The molecule has 0 aliphatic carbocycles. The fourth-order valence-electron chi connectivity index (χ4n) is 3.52. The Morgan fingerprint density at radius 2 is 1.36 bits per heavy atom. The topological polar surface area (TPSA) is 159 Å². The second-order valence-electron chi connectivity index (χ2n) is 7.37. The number of imide groups is 1. The number of ether oxygens (including phenoxy) is 1. The maximum atomic E-state index is 12.8. The zero-order valence-electron chi connectivity index (χ0n) is 18.6. The molecule has 192 valence electrons. The molecule has 0 saturated carbocycles. The van der Waals surface area contributed by atoms with Gasteiger partial charge in [0, 0.05) is 19.1 Å². The van der Waals surface area contributed by atoms with Crippen LogP contribution in [0.25, 0.3) is 0 Å². The average molecular weight is 511 g/mol. The second-order valence-corrected chi connectivity index (χ2v) is 7.37. The monoisotopic (exact) mass is 511 g/mol. The number of aliphatic carboxylic acids is 3. The van der Waals surface area contributed by atoms with Gasteiger partial charge < -0.3 is 20.1 Å². The number of fused-ring (bicyclic) bond motifs is 1. The molecule has 3 N–H and O–H groups in total. The number of benzene rings is 2. The van der Waals surface area contributed by atoms with Crippen molar-refractivity contribution >= 4 is 29.7 Å². The summed E-state index contributed by atoms with van der Waals surface area (Å²) in [6, 6.07) is 10.8. The maximum absolute atomic E-state index is 12.8. The lowest BCUT2D eigenvalue weighted by molar-refractivity contribution is -0.273. The van der Waals surface area contributed by atoms with Gasteiger partial charge in [0.2, 0.25) is 0 Å². The van der Waals surface area contributed by atoms with E-state index in [-0.39, 0.29) is 17.5 Å². The van der Waals surface area contributed by atoms with E-state index in [9.17, 15) is 37.1 Å². The molecule has 0 spiro atoms. The molecule has 2 atom stereocenters. The first-order valence-electron chi connectivity index (χ1n) is 10.1. The molecule has 1 aliphatic rings. The van der Waals surface area contributed by atoms with Gasteiger partial charge in [-0.1, -0.05) is 42.5 Å². The van der Waals surface area contributed by atoms with E-state index in [4.69, 9.17) is 15.3 Å². The van der Waals surface area contributed by atoms with Crippen molar-refractivity contribution < 1.29 is 57.2 Å². The van der Waals surface area contributed by atoms with Crippen molar-refractivity contribution in [2.45, 2.75) is 30.7 Å². The van der Waals surface area contributed by atoms with Gasteiger partial charge in [0.1, 0.15) is 6.04 Å². The van der Waals surface area contributed by atoms with E-state index in [0.29, 0.717) is 12.0 Å². The third-order valence-corrected chi connectivity index (χ3v) is 5.24. The van der Waals surface area contributed by atoms with E-state index < -0.39 is 59.5 Å². The van der Waals surface area contributed by atoms with Crippen molar-refractivity contribution in [1.82, 2.24) is 4.90 Å². The summed E-state index contributed by atoms with van der Waals surface area (Å²) in [6.07, 6.45) is -5.80. The number of rotatable bonds is 8. The Labute approximate surface area is 201 Å². The van der Waals surface area contributed by atoms with Gasteiger partial charge in [-0.25, -0.2) is 9.59 Å². The molecule has 2 amide bonds. The summed E-state index contributed by atoms with van der Waals surface area (Å²) in [7, 11) is 0.717. The highest BCUT2D eigenvalue weighted by molar-refractivity contribution is 6.22. The van der Waals surface area contributed by atoms with Crippen LogP contribution >= 0.6 is 0 Å². The summed E-state index contributed by atoms with van der Waals surface area (Å²) in [5.41, 5.74) is -3.50. The summed E-state index contributed by atoms with van der Waals surface area (Å²) in [5, 5.41) is 26.5. The maximum Gasteiger partial charge on any atom is 0.432 e. The van der Waals surface area contributed by atoms with Crippen LogP contribution in [0.2, 0.25) is 0 Å². The zero-order chi connectivity index (χ0) is 27.3. The summed E-state index contributed by atoms with van der Waals surface area (Å²) >= 11 is 0. The number of hydrogen-bond donors (Lipinski definition) is 3. The lowest BCUT2D eigenvalue weighted by Gasteiger charge is -2.30. The number of nitrogens with zero attached hydrogens (tertiary/aromatic N) is 1. The Bertz CT molecular complexity index is 1130. The minimum atomic E-state index is -5.03. The second kappa shape index (κ2) is 11.0. The van der Waals surface area contributed by atoms with Gasteiger partial charge >= 0.3 is 24.1 Å². The SMILES string of the molecule is CO[C@@](C(=O)O)(c1ccccc1)C(F)(F)F.O=C(O)CC[C@@H](C(=O)O)N1C(=O)c2ccccc2C1=O. The molecule has 0 fully saturated rings. The third kappa shape index (κ3) is 5.35. The molecule has 3 rings (SSSR count). The summed E-state index contributed by atoms with van der Waals surface area (Å²) in [5.74, 6) is -6.09. The Kier molecular flexibility index (Phi) is 8.54. The molecule has 2 aromatic rings. The van der Waals surface area contributed by atoms with Gasteiger partial charge in [-0.3, -0.25) is 19.3 Å². The first-order chi connectivity index (χ1) is 16.8.